The van der Waals surface area contributed by atoms with Crippen molar-refractivity contribution in [1.29, 1.82) is 0 Å². The highest BCUT2D eigenvalue weighted by Crippen LogP contribution is 2.33. The van der Waals surface area contributed by atoms with Crippen LogP contribution in [0, 0.1) is 0 Å². The lowest BCUT2D eigenvalue weighted by Gasteiger charge is -2.17. The van der Waals surface area contributed by atoms with Crippen LogP contribution in [0.15, 0.2) is 61.2 Å². The van der Waals surface area contributed by atoms with E-state index in [-0.39, 0.29) is 12.2 Å². The highest BCUT2D eigenvalue weighted by atomic mass is 16.7. The average molecular weight is 423 g/mol. The molecule has 2 aromatic carbocycles. The van der Waals surface area contributed by atoms with Gasteiger partial charge in [-0.3, -0.25) is 0 Å². The molecule has 3 heteroatoms. The lowest BCUT2D eigenvalue weighted by Crippen LogP contribution is -2.25. The van der Waals surface area contributed by atoms with Gasteiger partial charge in [0.25, 0.3) is 0 Å². The normalized spacial score (nSPS) is 21.2. The fraction of sp³-hybridized carbons (Fsp3) is 0.500. The monoisotopic (exact) mass is 422 g/mol. The summed E-state index contributed by atoms with van der Waals surface area (Å²) >= 11 is 0. The Hall–Kier alpha value is -1.94. The van der Waals surface area contributed by atoms with Crippen LogP contribution in [0.1, 0.15) is 76.5 Å². The third kappa shape index (κ3) is 6.77. The molecular formula is C28H38O3. The highest BCUT2D eigenvalue weighted by Gasteiger charge is 2.40. The highest BCUT2D eigenvalue weighted by molar-refractivity contribution is 5.64. The van der Waals surface area contributed by atoms with E-state index in [9.17, 15) is 5.11 Å². The molecule has 1 aliphatic rings. The quantitative estimate of drug-likeness (QED) is 0.313. The summed E-state index contributed by atoms with van der Waals surface area (Å²) in [6, 6.07) is 16.7. The van der Waals surface area contributed by atoms with E-state index in [1.807, 2.05) is 38.1 Å². The Morgan fingerprint density at radius 1 is 0.903 bits per heavy atom. The molecule has 0 unspecified atom stereocenters. The second kappa shape index (κ2) is 11.1. The molecule has 0 spiro atoms. The van der Waals surface area contributed by atoms with Crippen molar-refractivity contribution in [1.82, 2.24) is 0 Å². The van der Waals surface area contributed by atoms with Crippen molar-refractivity contribution in [2.75, 3.05) is 0 Å². The van der Waals surface area contributed by atoms with Crippen LogP contribution in [0.4, 0.5) is 0 Å². The topological polar surface area (TPSA) is 38.7 Å². The SMILES string of the molecule is C=C[C@@H](O)c1ccc(-c2ccc(C[C@H]3OC(C)(C)O[C@@H]3CCCCCCC)cc2)cc1. The predicted molar refractivity (Wildman–Crippen MR) is 128 cm³/mol. The van der Waals surface area contributed by atoms with Crippen molar-refractivity contribution >= 4 is 0 Å². The molecule has 3 rings (SSSR count). The molecule has 1 aliphatic heterocycles. The van der Waals surface area contributed by atoms with Crippen LogP contribution in [0.3, 0.4) is 0 Å². The molecule has 3 atom stereocenters. The molecule has 3 nitrogen and oxygen atoms in total. The largest absolute Gasteiger partial charge is 0.384 e. The van der Waals surface area contributed by atoms with Crippen molar-refractivity contribution in [3.63, 3.8) is 0 Å². The van der Waals surface area contributed by atoms with E-state index in [0.29, 0.717) is 0 Å². The second-order valence-electron chi connectivity index (χ2n) is 9.12. The van der Waals surface area contributed by atoms with Gasteiger partial charge in [-0.15, -0.1) is 6.58 Å². The van der Waals surface area contributed by atoms with E-state index in [1.54, 1.807) is 6.08 Å². The number of aliphatic hydroxyl groups excluding tert-OH is 1. The van der Waals surface area contributed by atoms with Gasteiger partial charge in [0.2, 0.25) is 0 Å². The Morgan fingerprint density at radius 3 is 2.10 bits per heavy atom. The van der Waals surface area contributed by atoms with Gasteiger partial charge < -0.3 is 14.6 Å². The van der Waals surface area contributed by atoms with E-state index >= 15 is 0 Å². The molecule has 0 amide bonds. The summed E-state index contributed by atoms with van der Waals surface area (Å²) in [6.07, 6.45) is 9.52. The van der Waals surface area contributed by atoms with Crippen LogP contribution in [0.25, 0.3) is 11.1 Å². The Bertz CT molecular complexity index is 807. The van der Waals surface area contributed by atoms with E-state index in [4.69, 9.17) is 9.47 Å². The van der Waals surface area contributed by atoms with Gasteiger partial charge in [-0.2, -0.15) is 0 Å². The summed E-state index contributed by atoms with van der Waals surface area (Å²) in [5.41, 5.74) is 4.43. The first-order valence-corrected chi connectivity index (χ1v) is 11.8. The first-order valence-electron chi connectivity index (χ1n) is 11.8. The number of aliphatic hydroxyl groups is 1. The maximum Gasteiger partial charge on any atom is 0.163 e. The third-order valence-electron chi connectivity index (χ3n) is 6.08. The van der Waals surface area contributed by atoms with Crippen LogP contribution in [-0.4, -0.2) is 23.1 Å². The average Bonchev–Trinajstić information content (AvgIpc) is 3.06. The van der Waals surface area contributed by atoms with E-state index < -0.39 is 11.9 Å². The van der Waals surface area contributed by atoms with Crippen LogP contribution in [0.2, 0.25) is 0 Å². The fourth-order valence-corrected chi connectivity index (χ4v) is 4.35. The van der Waals surface area contributed by atoms with E-state index in [2.05, 4.69) is 37.8 Å². The molecule has 2 aromatic rings. The summed E-state index contributed by atoms with van der Waals surface area (Å²) in [6.45, 7) is 9.93. The van der Waals surface area contributed by atoms with Crippen molar-refractivity contribution in [3.05, 3.63) is 72.3 Å². The summed E-state index contributed by atoms with van der Waals surface area (Å²) in [5, 5.41) is 9.87. The lowest BCUT2D eigenvalue weighted by atomic mass is 9.97. The third-order valence-corrected chi connectivity index (χ3v) is 6.08. The minimum Gasteiger partial charge on any atom is -0.384 e. The smallest absolute Gasteiger partial charge is 0.163 e. The minimum absolute atomic E-state index is 0.103. The van der Waals surface area contributed by atoms with Crippen molar-refractivity contribution < 1.29 is 14.6 Å². The van der Waals surface area contributed by atoms with Gasteiger partial charge >= 0.3 is 0 Å². The summed E-state index contributed by atoms with van der Waals surface area (Å²) < 4.78 is 12.5. The summed E-state index contributed by atoms with van der Waals surface area (Å²) in [5.74, 6) is -0.504. The first-order chi connectivity index (χ1) is 14.9. The molecule has 0 aliphatic carbocycles. The van der Waals surface area contributed by atoms with Crippen LogP contribution >= 0.6 is 0 Å². The van der Waals surface area contributed by atoms with Crippen molar-refractivity contribution in [2.45, 2.75) is 89.8 Å². The number of benzene rings is 2. The second-order valence-corrected chi connectivity index (χ2v) is 9.12. The molecule has 0 radical (unpaired) electrons. The maximum atomic E-state index is 9.87. The standard InChI is InChI=1S/C28H38O3/c1-5-7-8-9-10-11-26-27(31-28(3,4)30-26)20-21-12-14-22(15-13-21)23-16-18-24(19-17-23)25(29)6-2/h6,12-19,25-27,29H,2,5,7-11,20H2,1,3-4H3/t25-,26-,27-/m1/s1. The first kappa shape index (κ1) is 23.7. The molecule has 31 heavy (non-hydrogen) atoms. The van der Waals surface area contributed by atoms with Gasteiger partial charge in [0.05, 0.1) is 18.3 Å². The summed E-state index contributed by atoms with van der Waals surface area (Å²) in [4.78, 5) is 0. The zero-order valence-electron chi connectivity index (χ0n) is 19.3. The van der Waals surface area contributed by atoms with Crippen LogP contribution < -0.4 is 0 Å². The molecular weight excluding hydrogens is 384 g/mol. The molecule has 0 aromatic heterocycles. The summed E-state index contributed by atoms with van der Waals surface area (Å²) in [7, 11) is 0. The number of ether oxygens (including phenoxy) is 2. The number of rotatable bonds is 11. The fourth-order valence-electron chi connectivity index (χ4n) is 4.35. The maximum absolute atomic E-state index is 9.87. The Morgan fingerprint density at radius 2 is 1.48 bits per heavy atom. The van der Waals surface area contributed by atoms with Gasteiger partial charge in [-0.05, 0) is 42.5 Å². The van der Waals surface area contributed by atoms with Gasteiger partial charge in [0.1, 0.15) is 0 Å². The molecule has 1 N–H and O–H groups in total. The zero-order chi connectivity index (χ0) is 22.3. The number of unbranched alkanes of at least 4 members (excludes halogenated alkanes) is 4. The molecule has 0 saturated carbocycles. The zero-order valence-corrected chi connectivity index (χ0v) is 19.3. The Labute approximate surface area is 188 Å². The van der Waals surface area contributed by atoms with Gasteiger partial charge in [0.15, 0.2) is 5.79 Å². The lowest BCUT2D eigenvalue weighted by molar-refractivity contribution is -0.146. The van der Waals surface area contributed by atoms with Gasteiger partial charge in [0, 0.05) is 6.42 Å². The number of hydrogen-bond acceptors (Lipinski definition) is 3. The van der Waals surface area contributed by atoms with E-state index in [0.717, 1.165) is 24.0 Å². The van der Waals surface area contributed by atoms with Gasteiger partial charge in [-0.1, -0.05) is 93.6 Å². The Kier molecular flexibility index (Phi) is 8.48. The van der Waals surface area contributed by atoms with Crippen molar-refractivity contribution in [3.8, 4) is 11.1 Å². The predicted octanol–water partition coefficient (Wildman–Crippen LogP) is 7.00. The van der Waals surface area contributed by atoms with Gasteiger partial charge in [-0.25, -0.2) is 0 Å². The molecule has 0 bridgehead atoms. The van der Waals surface area contributed by atoms with Crippen LogP contribution in [-0.2, 0) is 15.9 Å². The minimum atomic E-state index is -0.617. The van der Waals surface area contributed by atoms with E-state index in [1.165, 1.54) is 43.2 Å². The molecule has 1 fully saturated rings. The van der Waals surface area contributed by atoms with Crippen molar-refractivity contribution in [2.24, 2.45) is 0 Å². The molecule has 1 saturated heterocycles. The van der Waals surface area contributed by atoms with Crippen LogP contribution in [0.5, 0.6) is 0 Å². The Balaban J connectivity index is 1.60. The molecule has 1 heterocycles. The molecule has 168 valence electrons. The number of hydrogen-bond donors (Lipinski definition) is 1.